The van der Waals surface area contributed by atoms with Crippen molar-refractivity contribution in [3.8, 4) is 11.5 Å². The number of nitrogens with zero attached hydrogens (tertiary/aromatic N) is 4. The van der Waals surface area contributed by atoms with Crippen molar-refractivity contribution in [1.82, 2.24) is 30.7 Å². The Labute approximate surface area is 176 Å². The molecule has 162 valence electrons. The number of carbonyl (C=O) groups excluding carboxylic acids is 3. The van der Waals surface area contributed by atoms with Gasteiger partial charge >= 0.3 is 6.09 Å². The van der Waals surface area contributed by atoms with Gasteiger partial charge in [0.25, 0.3) is 11.8 Å². The summed E-state index contributed by atoms with van der Waals surface area (Å²) in [6, 6.07) is 4.96. The molecule has 31 heavy (non-hydrogen) atoms. The summed E-state index contributed by atoms with van der Waals surface area (Å²) >= 11 is 0. The summed E-state index contributed by atoms with van der Waals surface area (Å²) < 4.78 is 11.1. The molecule has 0 radical (unpaired) electrons. The molecular formula is C19H21N7O5. The number of Topliss-reactive ketones (excluding diaryl/α,β-unsaturated/α-hetero) is 1. The Morgan fingerprint density at radius 1 is 1.19 bits per heavy atom. The number of anilines is 1. The molecule has 0 aliphatic rings. The molecule has 0 spiro atoms. The van der Waals surface area contributed by atoms with Crippen LogP contribution in [0.25, 0.3) is 11.5 Å². The van der Waals surface area contributed by atoms with Gasteiger partial charge in [-0.25, -0.2) is 4.79 Å². The minimum absolute atomic E-state index is 0.0878. The first kappa shape index (κ1) is 21.6. The molecule has 3 aromatic rings. The van der Waals surface area contributed by atoms with Gasteiger partial charge in [0.05, 0.1) is 18.3 Å². The van der Waals surface area contributed by atoms with Gasteiger partial charge in [-0.15, -0.1) is 10.2 Å². The van der Waals surface area contributed by atoms with Gasteiger partial charge in [0.15, 0.2) is 6.10 Å². The van der Waals surface area contributed by atoms with Crippen LogP contribution in [-0.4, -0.2) is 49.7 Å². The highest BCUT2D eigenvalue weighted by atomic mass is 16.6. The molecule has 0 aliphatic heterocycles. The van der Waals surface area contributed by atoms with E-state index in [0.29, 0.717) is 5.56 Å². The quantitative estimate of drug-likeness (QED) is 0.477. The number of hydrogen-bond donors (Lipinski definition) is 3. The van der Waals surface area contributed by atoms with Gasteiger partial charge in [0.1, 0.15) is 5.82 Å². The molecule has 12 heteroatoms. The molecule has 3 aromatic heterocycles. The summed E-state index contributed by atoms with van der Waals surface area (Å²) in [4.78, 5) is 40.0. The van der Waals surface area contributed by atoms with E-state index in [1.54, 1.807) is 24.5 Å². The molecule has 0 aromatic carbocycles. The molecule has 3 N–H and O–H groups in total. The zero-order valence-electron chi connectivity index (χ0n) is 17.1. The molecule has 0 saturated carbocycles. The molecule has 0 bridgehead atoms. The maximum Gasteiger partial charge on any atom is 0.408 e. The van der Waals surface area contributed by atoms with Crippen LogP contribution in [0.3, 0.4) is 0 Å². The maximum absolute atomic E-state index is 12.3. The Bertz CT molecular complexity index is 1040. The van der Waals surface area contributed by atoms with E-state index in [0.717, 1.165) is 0 Å². The predicted molar refractivity (Wildman–Crippen MR) is 106 cm³/mol. The van der Waals surface area contributed by atoms with E-state index < -0.39 is 35.8 Å². The SMILES string of the molecule is CC(C)(C)C(OC(=O)NCC(=O)C(=O)Nc1ccn[nH]1)c1nnc(-c2cccnc2)o1. The first-order chi connectivity index (χ1) is 14.7. The summed E-state index contributed by atoms with van der Waals surface area (Å²) in [5, 5.41) is 18.7. The van der Waals surface area contributed by atoms with Gasteiger partial charge in [0.2, 0.25) is 11.7 Å². The van der Waals surface area contributed by atoms with Crippen molar-refractivity contribution in [2.45, 2.75) is 26.9 Å². The second-order valence-corrected chi connectivity index (χ2v) is 7.54. The normalized spacial score (nSPS) is 12.1. The summed E-state index contributed by atoms with van der Waals surface area (Å²) in [5.41, 5.74) is 0.0187. The number of pyridine rings is 1. The van der Waals surface area contributed by atoms with Crippen LogP contribution in [-0.2, 0) is 14.3 Å². The number of amides is 2. The number of ether oxygens (including phenoxy) is 1. The van der Waals surface area contributed by atoms with E-state index >= 15 is 0 Å². The topological polar surface area (TPSA) is 165 Å². The standard InChI is InChI=1S/C19H21N7O5/c1-19(2,3)14(17-26-25-16(31-17)11-5-4-7-20-9-11)30-18(29)21-10-12(27)15(28)23-13-6-8-22-24-13/h4-9,14H,10H2,1-3H3,(H,21,29)(H2,22,23,24,28). The first-order valence-electron chi connectivity index (χ1n) is 9.26. The van der Waals surface area contributed by atoms with Crippen molar-refractivity contribution in [3.05, 3.63) is 42.7 Å². The van der Waals surface area contributed by atoms with Crippen LogP contribution >= 0.6 is 0 Å². The van der Waals surface area contributed by atoms with E-state index in [9.17, 15) is 14.4 Å². The highest BCUT2D eigenvalue weighted by Crippen LogP contribution is 2.36. The number of rotatable bonds is 7. The minimum atomic E-state index is -0.913. The number of alkyl carbamates (subject to hydrolysis) is 1. The van der Waals surface area contributed by atoms with Crippen molar-refractivity contribution >= 4 is 23.6 Å². The highest BCUT2D eigenvalue weighted by molar-refractivity contribution is 6.41. The van der Waals surface area contributed by atoms with Crippen LogP contribution in [0, 0.1) is 5.41 Å². The molecule has 2 amide bonds. The third-order valence-electron chi connectivity index (χ3n) is 3.98. The highest BCUT2D eigenvalue weighted by Gasteiger charge is 2.35. The summed E-state index contributed by atoms with van der Waals surface area (Å²) in [6.45, 7) is 4.91. The Balaban J connectivity index is 1.61. The molecule has 0 fully saturated rings. The van der Waals surface area contributed by atoms with Crippen LogP contribution in [0.2, 0.25) is 0 Å². The van der Waals surface area contributed by atoms with Gasteiger partial charge in [-0.05, 0) is 12.1 Å². The Morgan fingerprint density at radius 3 is 2.65 bits per heavy atom. The lowest BCUT2D eigenvalue weighted by atomic mass is 9.89. The largest absolute Gasteiger partial charge is 0.436 e. The number of hydrogen-bond acceptors (Lipinski definition) is 9. The van der Waals surface area contributed by atoms with E-state index in [1.165, 1.54) is 12.3 Å². The third-order valence-corrected chi connectivity index (χ3v) is 3.98. The molecule has 3 rings (SSSR count). The van der Waals surface area contributed by atoms with Crippen LogP contribution in [0.15, 0.2) is 41.2 Å². The molecule has 12 nitrogen and oxygen atoms in total. The number of aromatic nitrogens is 5. The zero-order valence-corrected chi connectivity index (χ0v) is 17.1. The van der Waals surface area contributed by atoms with Gasteiger partial charge in [0, 0.05) is 23.9 Å². The number of aromatic amines is 1. The molecule has 1 atom stereocenters. The van der Waals surface area contributed by atoms with Crippen molar-refractivity contribution in [3.63, 3.8) is 0 Å². The second-order valence-electron chi connectivity index (χ2n) is 7.54. The molecule has 3 heterocycles. The molecular weight excluding hydrogens is 406 g/mol. The van der Waals surface area contributed by atoms with E-state index in [-0.39, 0.29) is 17.6 Å². The Morgan fingerprint density at radius 2 is 2.00 bits per heavy atom. The van der Waals surface area contributed by atoms with E-state index in [4.69, 9.17) is 9.15 Å². The van der Waals surface area contributed by atoms with E-state index in [1.807, 2.05) is 20.8 Å². The molecule has 0 aliphatic carbocycles. The lowest BCUT2D eigenvalue weighted by Crippen LogP contribution is -2.38. The number of ketones is 1. The average Bonchev–Trinajstić information content (AvgIpc) is 3.42. The number of nitrogens with one attached hydrogen (secondary N) is 3. The summed E-state index contributed by atoms with van der Waals surface area (Å²) in [6.07, 6.45) is 2.78. The lowest BCUT2D eigenvalue weighted by molar-refractivity contribution is -0.134. The fourth-order valence-corrected chi connectivity index (χ4v) is 2.44. The fraction of sp³-hybridized carbons (Fsp3) is 0.316. The summed E-state index contributed by atoms with van der Waals surface area (Å²) in [5.74, 6) is -1.20. The van der Waals surface area contributed by atoms with Crippen molar-refractivity contribution in [1.29, 1.82) is 0 Å². The van der Waals surface area contributed by atoms with Gasteiger partial charge < -0.3 is 19.8 Å². The first-order valence-corrected chi connectivity index (χ1v) is 9.26. The van der Waals surface area contributed by atoms with E-state index in [2.05, 4.69) is 36.0 Å². The van der Waals surface area contributed by atoms with Crippen molar-refractivity contribution < 1.29 is 23.5 Å². The molecule has 0 saturated heterocycles. The van der Waals surface area contributed by atoms with Gasteiger partial charge in [-0.2, -0.15) is 5.10 Å². The smallest absolute Gasteiger partial charge is 0.408 e. The Kier molecular flexibility index (Phi) is 6.38. The van der Waals surface area contributed by atoms with Gasteiger partial charge in [-0.3, -0.25) is 19.7 Å². The third kappa shape index (κ3) is 5.72. The average molecular weight is 427 g/mol. The van der Waals surface area contributed by atoms with Crippen LogP contribution in [0.4, 0.5) is 10.6 Å². The van der Waals surface area contributed by atoms with Crippen molar-refractivity contribution in [2.24, 2.45) is 5.41 Å². The minimum Gasteiger partial charge on any atom is -0.436 e. The summed E-state index contributed by atoms with van der Waals surface area (Å²) in [7, 11) is 0. The Hall–Kier alpha value is -4.09. The predicted octanol–water partition coefficient (Wildman–Crippen LogP) is 1.88. The number of H-pyrrole nitrogens is 1. The van der Waals surface area contributed by atoms with Crippen LogP contribution < -0.4 is 10.6 Å². The second kappa shape index (κ2) is 9.15. The van der Waals surface area contributed by atoms with Crippen LogP contribution in [0.1, 0.15) is 32.8 Å². The lowest BCUT2D eigenvalue weighted by Gasteiger charge is -2.27. The molecule has 1 unspecified atom stereocenters. The monoisotopic (exact) mass is 427 g/mol. The fourth-order valence-electron chi connectivity index (χ4n) is 2.44. The number of carbonyl (C=O) groups is 3. The van der Waals surface area contributed by atoms with Crippen LogP contribution in [0.5, 0.6) is 0 Å². The van der Waals surface area contributed by atoms with Crippen molar-refractivity contribution in [2.75, 3.05) is 11.9 Å². The maximum atomic E-state index is 12.3. The van der Waals surface area contributed by atoms with Gasteiger partial charge in [-0.1, -0.05) is 20.8 Å². The zero-order chi connectivity index (χ0) is 22.4.